The van der Waals surface area contributed by atoms with E-state index in [-0.39, 0.29) is 0 Å². The molecule has 2 rings (SSSR count). The third-order valence-corrected chi connectivity index (χ3v) is 2.66. The molecule has 0 unspecified atom stereocenters. The van der Waals surface area contributed by atoms with E-state index in [4.69, 9.17) is 9.84 Å². The first-order valence-electron chi connectivity index (χ1n) is 4.82. The van der Waals surface area contributed by atoms with Gasteiger partial charge in [-0.05, 0) is 24.3 Å². The molecule has 80 valence electrons. The molecule has 1 aromatic rings. The smallest absolute Gasteiger partial charge is 0.335 e. The number of hydrogen-bond acceptors (Lipinski definition) is 3. The van der Waals surface area contributed by atoms with E-state index in [1.165, 1.54) is 0 Å². The van der Waals surface area contributed by atoms with E-state index in [9.17, 15) is 4.79 Å². The second kappa shape index (κ2) is 3.90. The Morgan fingerprint density at radius 2 is 2.00 bits per heavy atom. The molecule has 1 aliphatic rings. The van der Waals surface area contributed by atoms with Crippen LogP contribution in [-0.2, 0) is 4.74 Å². The van der Waals surface area contributed by atoms with Crippen LogP contribution in [-0.4, -0.2) is 37.4 Å². The van der Waals surface area contributed by atoms with Crippen molar-refractivity contribution in [1.29, 1.82) is 0 Å². The molecule has 0 aliphatic carbocycles. The summed E-state index contributed by atoms with van der Waals surface area (Å²) in [5.74, 6) is -0.889. The van der Waals surface area contributed by atoms with Gasteiger partial charge in [0, 0.05) is 25.9 Å². The molecule has 0 amide bonds. The lowest BCUT2D eigenvalue weighted by Gasteiger charge is -2.39. The number of nitrogens with zero attached hydrogens (tertiary/aromatic N) is 1. The second-order valence-corrected chi connectivity index (χ2v) is 3.61. The normalized spacial score (nSPS) is 16.2. The van der Waals surface area contributed by atoms with Crippen LogP contribution in [0.15, 0.2) is 24.3 Å². The Balaban J connectivity index is 2.02. The van der Waals surface area contributed by atoms with Crippen molar-refractivity contribution in [2.24, 2.45) is 0 Å². The van der Waals surface area contributed by atoms with Gasteiger partial charge in [-0.2, -0.15) is 0 Å². The first kappa shape index (κ1) is 9.98. The summed E-state index contributed by atoms with van der Waals surface area (Å²) in [6, 6.07) is 6.90. The van der Waals surface area contributed by atoms with Gasteiger partial charge in [0.25, 0.3) is 0 Å². The maximum absolute atomic E-state index is 10.6. The summed E-state index contributed by atoms with van der Waals surface area (Å²) in [5, 5.41) is 8.73. The average Bonchev–Trinajstić information content (AvgIpc) is 2.17. The van der Waals surface area contributed by atoms with Gasteiger partial charge in [-0.3, -0.25) is 0 Å². The van der Waals surface area contributed by atoms with Gasteiger partial charge in [0.15, 0.2) is 0 Å². The van der Waals surface area contributed by atoms with E-state index in [1.807, 2.05) is 12.1 Å². The van der Waals surface area contributed by atoms with Gasteiger partial charge in [0.1, 0.15) is 0 Å². The summed E-state index contributed by atoms with van der Waals surface area (Å²) in [6.45, 7) is 1.76. The highest BCUT2D eigenvalue weighted by Crippen LogP contribution is 2.22. The second-order valence-electron chi connectivity index (χ2n) is 3.61. The van der Waals surface area contributed by atoms with Crippen molar-refractivity contribution < 1.29 is 14.6 Å². The summed E-state index contributed by atoms with van der Waals surface area (Å²) in [6.07, 6.45) is 0.309. The predicted octanol–water partition coefficient (Wildman–Crippen LogP) is 1.22. The maximum atomic E-state index is 10.6. The number of carboxylic acids is 1. The molecular formula is C11H13NO3. The lowest BCUT2D eigenvalue weighted by molar-refractivity contribution is 0.0696. The Morgan fingerprint density at radius 1 is 1.40 bits per heavy atom. The quantitative estimate of drug-likeness (QED) is 0.809. The molecule has 1 N–H and O–H groups in total. The monoisotopic (exact) mass is 207 g/mol. The Labute approximate surface area is 88.1 Å². The lowest BCUT2D eigenvalue weighted by Crippen LogP contribution is -2.51. The highest BCUT2D eigenvalue weighted by molar-refractivity contribution is 5.88. The lowest BCUT2D eigenvalue weighted by atomic mass is 10.1. The van der Waals surface area contributed by atoms with E-state index < -0.39 is 5.97 Å². The van der Waals surface area contributed by atoms with Crippen LogP contribution in [0.2, 0.25) is 0 Å². The van der Waals surface area contributed by atoms with Crippen LogP contribution in [0.4, 0.5) is 5.69 Å². The van der Waals surface area contributed by atoms with Crippen LogP contribution in [0.3, 0.4) is 0 Å². The molecule has 0 bridgehead atoms. The van der Waals surface area contributed by atoms with Crippen LogP contribution in [0.25, 0.3) is 0 Å². The standard InChI is InChI=1S/C11H13NO3/c1-15-10-6-12(7-10)9-4-2-8(3-5-9)11(13)14/h2-5,10H,6-7H2,1H3,(H,13,14). The van der Waals surface area contributed by atoms with Gasteiger partial charge < -0.3 is 14.7 Å². The molecule has 1 aliphatic heterocycles. The van der Waals surface area contributed by atoms with Crippen molar-refractivity contribution >= 4 is 11.7 Å². The van der Waals surface area contributed by atoms with Crippen molar-refractivity contribution in [2.45, 2.75) is 6.10 Å². The topological polar surface area (TPSA) is 49.8 Å². The van der Waals surface area contributed by atoms with Gasteiger partial charge >= 0.3 is 5.97 Å². The fraction of sp³-hybridized carbons (Fsp3) is 0.364. The number of ether oxygens (including phenoxy) is 1. The molecule has 1 aromatic carbocycles. The SMILES string of the molecule is COC1CN(c2ccc(C(=O)O)cc2)C1. The van der Waals surface area contributed by atoms with Crippen molar-refractivity contribution in [3.63, 3.8) is 0 Å². The molecule has 1 fully saturated rings. The summed E-state index contributed by atoms with van der Waals surface area (Å²) in [5.41, 5.74) is 1.37. The number of anilines is 1. The summed E-state index contributed by atoms with van der Waals surface area (Å²) in [7, 11) is 1.70. The van der Waals surface area contributed by atoms with Gasteiger partial charge in [-0.15, -0.1) is 0 Å². The van der Waals surface area contributed by atoms with E-state index >= 15 is 0 Å². The fourth-order valence-corrected chi connectivity index (χ4v) is 1.61. The predicted molar refractivity (Wildman–Crippen MR) is 56.4 cm³/mol. The van der Waals surface area contributed by atoms with E-state index in [1.54, 1.807) is 19.2 Å². The number of carboxylic acid groups (broad SMARTS) is 1. The number of methoxy groups -OCH3 is 1. The molecular weight excluding hydrogens is 194 g/mol. The molecule has 0 saturated carbocycles. The minimum atomic E-state index is -0.889. The Hall–Kier alpha value is -1.55. The molecule has 0 atom stereocenters. The molecule has 0 aromatic heterocycles. The van der Waals surface area contributed by atoms with Gasteiger partial charge in [0.2, 0.25) is 0 Å². The molecule has 4 nitrogen and oxygen atoms in total. The minimum absolute atomic E-state index is 0.309. The molecule has 4 heteroatoms. The maximum Gasteiger partial charge on any atom is 0.335 e. The summed E-state index contributed by atoms with van der Waals surface area (Å²) < 4.78 is 5.16. The molecule has 1 heterocycles. The molecule has 0 spiro atoms. The first-order valence-corrected chi connectivity index (χ1v) is 4.82. The number of carbonyl (C=O) groups is 1. The van der Waals surface area contributed by atoms with Crippen LogP contribution in [0.5, 0.6) is 0 Å². The number of rotatable bonds is 3. The van der Waals surface area contributed by atoms with Gasteiger partial charge in [0.05, 0.1) is 11.7 Å². The minimum Gasteiger partial charge on any atom is -0.478 e. The highest BCUT2D eigenvalue weighted by Gasteiger charge is 2.26. The summed E-state index contributed by atoms with van der Waals surface area (Å²) >= 11 is 0. The largest absolute Gasteiger partial charge is 0.478 e. The third kappa shape index (κ3) is 1.94. The molecule has 15 heavy (non-hydrogen) atoms. The number of hydrogen-bond donors (Lipinski definition) is 1. The number of benzene rings is 1. The highest BCUT2D eigenvalue weighted by atomic mass is 16.5. The molecule has 1 saturated heterocycles. The van der Waals surface area contributed by atoms with E-state index in [0.717, 1.165) is 18.8 Å². The van der Waals surface area contributed by atoms with Gasteiger partial charge in [-0.25, -0.2) is 4.79 Å². The molecule has 0 radical (unpaired) electrons. The van der Waals surface area contributed by atoms with Crippen molar-refractivity contribution in [3.8, 4) is 0 Å². The Morgan fingerprint density at radius 3 is 2.47 bits per heavy atom. The zero-order valence-corrected chi connectivity index (χ0v) is 8.51. The average molecular weight is 207 g/mol. The Bertz CT molecular complexity index is 355. The van der Waals surface area contributed by atoms with Crippen molar-refractivity contribution in [3.05, 3.63) is 29.8 Å². The van der Waals surface area contributed by atoms with Crippen LogP contribution >= 0.6 is 0 Å². The Kier molecular flexibility index (Phi) is 2.60. The van der Waals surface area contributed by atoms with Crippen LogP contribution < -0.4 is 4.90 Å². The van der Waals surface area contributed by atoms with Crippen molar-refractivity contribution in [2.75, 3.05) is 25.1 Å². The van der Waals surface area contributed by atoms with Crippen LogP contribution in [0, 0.1) is 0 Å². The third-order valence-electron chi connectivity index (χ3n) is 2.66. The summed E-state index contributed by atoms with van der Waals surface area (Å²) in [4.78, 5) is 12.8. The van der Waals surface area contributed by atoms with E-state index in [2.05, 4.69) is 4.90 Å². The van der Waals surface area contributed by atoms with Gasteiger partial charge in [-0.1, -0.05) is 0 Å². The fourth-order valence-electron chi connectivity index (χ4n) is 1.61. The van der Waals surface area contributed by atoms with Crippen molar-refractivity contribution in [1.82, 2.24) is 0 Å². The van der Waals surface area contributed by atoms with E-state index in [0.29, 0.717) is 11.7 Å². The van der Waals surface area contributed by atoms with Crippen LogP contribution in [0.1, 0.15) is 10.4 Å². The first-order chi connectivity index (χ1) is 7.20. The number of aromatic carboxylic acids is 1. The zero-order valence-electron chi connectivity index (χ0n) is 8.51. The zero-order chi connectivity index (χ0) is 10.8.